The molecule has 3 heterocycles. The molecule has 3 N–H and O–H groups in total. The lowest BCUT2D eigenvalue weighted by Gasteiger charge is -2.28. The summed E-state index contributed by atoms with van der Waals surface area (Å²) < 4.78 is 1.85. The minimum Gasteiger partial charge on any atom is -0.480 e. The Kier molecular flexibility index (Phi) is 3.20. The fraction of sp³-hybridized carbons (Fsp3) is 0.294. The number of benzene rings is 1. The molecule has 0 fully saturated rings. The zero-order valence-corrected chi connectivity index (χ0v) is 12.8. The first-order chi connectivity index (χ1) is 11.2. The molecule has 0 saturated carbocycles. The summed E-state index contributed by atoms with van der Waals surface area (Å²) in [6.07, 6.45) is 4.25. The van der Waals surface area contributed by atoms with Crippen molar-refractivity contribution in [3.63, 3.8) is 0 Å². The third-order valence-corrected chi connectivity index (χ3v) is 4.52. The van der Waals surface area contributed by atoms with E-state index in [0.717, 1.165) is 34.3 Å². The van der Waals surface area contributed by atoms with Gasteiger partial charge in [-0.15, -0.1) is 0 Å². The minimum atomic E-state index is -0.825. The number of nitrogens with zero attached hydrogens (tertiary/aromatic N) is 2. The van der Waals surface area contributed by atoms with Crippen LogP contribution in [0.15, 0.2) is 36.7 Å². The van der Waals surface area contributed by atoms with Gasteiger partial charge in [-0.1, -0.05) is 18.2 Å². The maximum absolute atomic E-state index is 11.6. The average Bonchev–Trinajstić information content (AvgIpc) is 3.18. The van der Waals surface area contributed by atoms with Gasteiger partial charge in [-0.25, -0.2) is 0 Å². The largest absolute Gasteiger partial charge is 0.480 e. The van der Waals surface area contributed by atoms with Gasteiger partial charge in [0.05, 0.1) is 12.2 Å². The molecular formula is C17H18N4O2. The van der Waals surface area contributed by atoms with E-state index in [4.69, 9.17) is 0 Å². The SMILES string of the molecule is CCn1cc([C@H]2N[C@H](C(=O)O)Cc3c2[nH]c2ccccc32)cn1. The summed E-state index contributed by atoms with van der Waals surface area (Å²) in [6.45, 7) is 2.81. The highest BCUT2D eigenvalue weighted by Gasteiger charge is 2.34. The van der Waals surface area contributed by atoms with Crippen molar-refractivity contribution in [2.45, 2.75) is 32.0 Å². The molecule has 0 saturated heterocycles. The highest BCUT2D eigenvalue weighted by atomic mass is 16.4. The molecule has 0 aliphatic carbocycles. The lowest BCUT2D eigenvalue weighted by molar-refractivity contribution is -0.139. The maximum Gasteiger partial charge on any atom is 0.321 e. The highest BCUT2D eigenvalue weighted by molar-refractivity contribution is 5.87. The monoisotopic (exact) mass is 310 g/mol. The summed E-state index contributed by atoms with van der Waals surface area (Å²) in [5, 5.41) is 18.2. The maximum atomic E-state index is 11.6. The van der Waals surface area contributed by atoms with Crippen molar-refractivity contribution in [3.8, 4) is 0 Å². The predicted molar refractivity (Wildman–Crippen MR) is 86.3 cm³/mol. The Balaban J connectivity index is 1.87. The Bertz CT molecular complexity index is 880. The van der Waals surface area contributed by atoms with Gasteiger partial charge >= 0.3 is 5.97 Å². The van der Waals surface area contributed by atoms with E-state index in [1.807, 2.05) is 42.1 Å². The van der Waals surface area contributed by atoms with Crippen LogP contribution in [0.4, 0.5) is 0 Å². The van der Waals surface area contributed by atoms with Crippen LogP contribution in [0.25, 0.3) is 10.9 Å². The van der Waals surface area contributed by atoms with Crippen molar-refractivity contribution >= 4 is 16.9 Å². The number of hydrogen-bond acceptors (Lipinski definition) is 3. The number of aryl methyl sites for hydroxylation is 1. The van der Waals surface area contributed by atoms with Gasteiger partial charge in [0.15, 0.2) is 0 Å². The number of aromatic nitrogens is 3. The van der Waals surface area contributed by atoms with Gasteiger partial charge in [0.1, 0.15) is 6.04 Å². The van der Waals surface area contributed by atoms with Gasteiger partial charge in [0.2, 0.25) is 0 Å². The smallest absolute Gasteiger partial charge is 0.321 e. The first-order valence-electron chi connectivity index (χ1n) is 7.78. The number of hydrogen-bond donors (Lipinski definition) is 3. The van der Waals surface area contributed by atoms with Crippen LogP contribution < -0.4 is 5.32 Å². The van der Waals surface area contributed by atoms with Gasteiger partial charge in [-0.05, 0) is 18.6 Å². The third-order valence-electron chi connectivity index (χ3n) is 4.52. The van der Waals surface area contributed by atoms with E-state index >= 15 is 0 Å². The van der Waals surface area contributed by atoms with E-state index in [1.165, 1.54) is 0 Å². The van der Waals surface area contributed by atoms with Crippen LogP contribution in [0.1, 0.15) is 29.8 Å². The van der Waals surface area contributed by atoms with E-state index in [-0.39, 0.29) is 6.04 Å². The average molecular weight is 310 g/mol. The fourth-order valence-corrected chi connectivity index (χ4v) is 3.36. The normalized spacial score (nSPS) is 20.6. The first-order valence-corrected chi connectivity index (χ1v) is 7.78. The van der Waals surface area contributed by atoms with Crippen molar-refractivity contribution in [3.05, 3.63) is 53.5 Å². The van der Waals surface area contributed by atoms with Gasteiger partial charge in [-0.2, -0.15) is 5.10 Å². The topological polar surface area (TPSA) is 82.9 Å². The second-order valence-electron chi connectivity index (χ2n) is 5.89. The van der Waals surface area contributed by atoms with E-state index in [1.54, 1.807) is 6.20 Å². The summed E-state index contributed by atoms with van der Waals surface area (Å²) in [5.41, 5.74) is 4.14. The highest BCUT2D eigenvalue weighted by Crippen LogP contribution is 2.35. The number of H-pyrrole nitrogens is 1. The molecule has 2 aromatic heterocycles. The quantitative estimate of drug-likeness (QED) is 0.691. The molecule has 6 nitrogen and oxygen atoms in total. The molecule has 2 atom stereocenters. The number of rotatable bonds is 3. The second-order valence-corrected chi connectivity index (χ2v) is 5.89. The number of aliphatic carboxylic acids is 1. The lowest BCUT2D eigenvalue weighted by Crippen LogP contribution is -2.44. The molecule has 0 unspecified atom stereocenters. The van der Waals surface area contributed by atoms with E-state index in [9.17, 15) is 9.90 Å². The summed E-state index contributed by atoms with van der Waals surface area (Å²) in [6, 6.07) is 7.25. The molecule has 0 spiro atoms. The number of carbonyl (C=O) groups is 1. The Morgan fingerprint density at radius 2 is 2.26 bits per heavy atom. The first kappa shape index (κ1) is 14.0. The van der Waals surface area contributed by atoms with Crippen LogP contribution in [0.5, 0.6) is 0 Å². The molecule has 1 aliphatic rings. The van der Waals surface area contributed by atoms with E-state index in [0.29, 0.717) is 6.42 Å². The Morgan fingerprint density at radius 1 is 1.43 bits per heavy atom. The van der Waals surface area contributed by atoms with Crippen LogP contribution in [0.3, 0.4) is 0 Å². The fourth-order valence-electron chi connectivity index (χ4n) is 3.36. The second kappa shape index (κ2) is 5.24. The van der Waals surface area contributed by atoms with Crippen molar-refractivity contribution in [2.75, 3.05) is 0 Å². The Morgan fingerprint density at radius 3 is 3.00 bits per heavy atom. The van der Waals surface area contributed by atoms with Crippen molar-refractivity contribution in [1.29, 1.82) is 0 Å². The Labute approximate surface area is 133 Å². The van der Waals surface area contributed by atoms with Gasteiger partial charge < -0.3 is 10.1 Å². The minimum absolute atomic E-state index is 0.187. The zero-order valence-electron chi connectivity index (χ0n) is 12.8. The molecule has 1 aliphatic heterocycles. The van der Waals surface area contributed by atoms with Crippen molar-refractivity contribution < 1.29 is 9.90 Å². The molecule has 0 radical (unpaired) electrons. The molecule has 1 aromatic carbocycles. The molecule has 4 rings (SSSR count). The summed E-state index contributed by atoms with van der Waals surface area (Å²) in [7, 11) is 0. The van der Waals surface area contributed by atoms with Crippen molar-refractivity contribution in [2.24, 2.45) is 0 Å². The summed E-state index contributed by atoms with van der Waals surface area (Å²) >= 11 is 0. The lowest BCUT2D eigenvalue weighted by atomic mass is 9.91. The zero-order chi connectivity index (χ0) is 16.0. The van der Waals surface area contributed by atoms with Crippen molar-refractivity contribution in [1.82, 2.24) is 20.1 Å². The molecule has 6 heteroatoms. The van der Waals surface area contributed by atoms with Gasteiger partial charge in [0, 0.05) is 41.3 Å². The molecular weight excluding hydrogens is 292 g/mol. The summed E-state index contributed by atoms with van der Waals surface area (Å²) in [4.78, 5) is 15.0. The molecule has 118 valence electrons. The molecule has 0 bridgehead atoms. The van der Waals surface area contributed by atoms with Crippen LogP contribution >= 0.6 is 0 Å². The van der Waals surface area contributed by atoms with Gasteiger partial charge in [-0.3, -0.25) is 14.8 Å². The number of para-hydroxylation sites is 1. The van der Waals surface area contributed by atoms with Crippen LogP contribution in [-0.4, -0.2) is 31.9 Å². The Hall–Kier alpha value is -2.60. The van der Waals surface area contributed by atoms with E-state index < -0.39 is 12.0 Å². The summed E-state index contributed by atoms with van der Waals surface area (Å²) in [5.74, 6) is -0.825. The third kappa shape index (κ3) is 2.22. The van der Waals surface area contributed by atoms with Gasteiger partial charge in [0.25, 0.3) is 0 Å². The van der Waals surface area contributed by atoms with E-state index in [2.05, 4.69) is 15.4 Å². The number of fused-ring (bicyclic) bond motifs is 3. The van der Waals surface area contributed by atoms with Crippen LogP contribution in [0.2, 0.25) is 0 Å². The number of carboxylic acids is 1. The number of aromatic amines is 1. The molecule has 3 aromatic rings. The molecule has 0 amide bonds. The van der Waals surface area contributed by atoms with Crippen LogP contribution in [-0.2, 0) is 17.8 Å². The number of nitrogens with one attached hydrogen (secondary N) is 2. The molecule has 23 heavy (non-hydrogen) atoms. The standard InChI is InChI=1S/C17H18N4O2/c1-2-21-9-10(8-18-21)15-16-12(7-14(20-15)17(22)23)11-5-3-4-6-13(11)19-16/h3-6,8-9,14-15,19-20H,2,7H2,1H3,(H,22,23)/t14-,15+/m0/s1. The predicted octanol–water partition coefficient (Wildman–Crippen LogP) is 2.07. The van der Waals surface area contributed by atoms with Crippen LogP contribution in [0, 0.1) is 0 Å². The number of carboxylic acid groups (broad SMARTS) is 1.